The van der Waals surface area contributed by atoms with Gasteiger partial charge in [-0.1, -0.05) is 29.8 Å². The van der Waals surface area contributed by atoms with Gasteiger partial charge in [-0.15, -0.1) is 0 Å². The van der Waals surface area contributed by atoms with Crippen LogP contribution < -0.4 is 10.2 Å². The average Bonchev–Trinajstić information content (AvgIpc) is 2.63. The molecule has 0 aromatic heterocycles. The number of halogens is 1. The molecule has 2 aromatic rings. The molecule has 0 radical (unpaired) electrons. The molecule has 0 spiro atoms. The molecule has 1 heterocycles. The van der Waals surface area contributed by atoms with Gasteiger partial charge < -0.3 is 15.1 Å². The summed E-state index contributed by atoms with van der Waals surface area (Å²) >= 11 is 6.06. The molecule has 0 saturated carbocycles. The molecule has 1 aliphatic heterocycles. The molecular weight excluding hydrogens is 350 g/mol. The largest absolute Gasteiger partial charge is 0.368 e. The van der Waals surface area contributed by atoms with Crippen molar-refractivity contribution < 1.29 is 9.59 Å². The summed E-state index contributed by atoms with van der Waals surface area (Å²) in [6.45, 7) is 4.48. The van der Waals surface area contributed by atoms with E-state index in [-0.39, 0.29) is 11.8 Å². The molecular formula is C20H22ClN3O2. The second kappa shape index (κ2) is 8.23. The van der Waals surface area contributed by atoms with E-state index in [2.05, 4.69) is 10.2 Å². The number of nitrogens with one attached hydrogen (secondary N) is 1. The number of nitrogens with zero attached hydrogens (tertiary/aromatic N) is 2. The van der Waals surface area contributed by atoms with Crippen molar-refractivity contribution in [1.29, 1.82) is 0 Å². The van der Waals surface area contributed by atoms with E-state index in [4.69, 9.17) is 11.6 Å². The van der Waals surface area contributed by atoms with Crippen LogP contribution in [0.4, 0.5) is 11.4 Å². The van der Waals surface area contributed by atoms with Crippen LogP contribution in [0, 0.1) is 0 Å². The van der Waals surface area contributed by atoms with Crippen molar-refractivity contribution in [3.05, 3.63) is 59.1 Å². The summed E-state index contributed by atoms with van der Waals surface area (Å²) in [6, 6.07) is 15.2. The van der Waals surface area contributed by atoms with Crippen molar-refractivity contribution in [2.24, 2.45) is 0 Å². The molecule has 1 N–H and O–H groups in total. The fourth-order valence-corrected chi connectivity index (χ4v) is 3.27. The van der Waals surface area contributed by atoms with Crippen LogP contribution in [0.5, 0.6) is 0 Å². The van der Waals surface area contributed by atoms with E-state index >= 15 is 0 Å². The number of amides is 2. The van der Waals surface area contributed by atoms with Crippen LogP contribution in [0.1, 0.15) is 12.5 Å². The zero-order chi connectivity index (χ0) is 18.5. The van der Waals surface area contributed by atoms with E-state index in [1.54, 1.807) is 0 Å². The minimum absolute atomic E-state index is 0.105. The van der Waals surface area contributed by atoms with Gasteiger partial charge in [0.15, 0.2) is 0 Å². The van der Waals surface area contributed by atoms with E-state index in [1.165, 1.54) is 6.92 Å². The number of benzene rings is 2. The molecule has 0 aliphatic carbocycles. The lowest BCUT2D eigenvalue weighted by atomic mass is 10.1. The minimum Gasteiger partial charge on any atom is -0.368 e. The van der Waals surface area contributed by atoms with E-state index in [0.717, 1.165) is 35.1 Å². The molecule has 1 fully saturated rings. The van der Waals surface area contributed by atoms with Crippen LogP contribution in [-0.2, 0) is 16.0 Å². The monoisotopic (exact) mass is 371 g/mol. The third-order valence-corrected chi connectivity index (χ3v) is 4.67. The Morgan fingerprint density at radius 3 is 2.35 bits per heavy atom. The molecule has 1 aliphatic rings. The van der Waals surface area contributed by atoms with Crippen LogP contribution >= 0.6 is 11.6 Å². The SMILES string of the molecule is CC(=O)Nc1ccc(CC(=O)N2CCN(c3cccc(Cl)c3)CC2)cc1. The fourth-order valence-electron chi connectivity index (χ4n) is 3.08. The van der Waals surface area contributed by atoms with E-state index in [0.29, 0.717) is 19.5 Å². The Kier molecular flexibility index (Phi) is 5.78. The van der Waals surface area contributed by atoms with Gasteiger partial charge in [0, 0.05) is 49.5 Å². The van der Waals surface area contributed by atoms with Gasteiger partial charge in [-0.2, -0.15) is 0 Å². The number of hydrogen-bond donors (Lipinski definition) is 1. The average molecular weight is 372 g/mol. The third-order valence-electron chi connectivity index (χ3n) is 4.44. The van der Waals surface area contributed by atoms with Crippen molar-refractivity contribution in [2.45, 2.75) is 13.3 Å². The van der Waals surface area contributed by atoms with Crippen LogP contribution in [0.15, 0.2) is 48.5 Å². The van der Waals surface area contributed by atoms with E-state index < -0.39 is 0 Å². The number of carbonyl (C=O) groups is 2. The lowest BCUT2D eigenvalue weighted by molar-refractivity contribution is -0.130. The Balaban J connectivity index is 1.53. The predicted octanol–water partition coefficient (Wildman–Crippen LogP) is 3.19. The first-order valence-electron chi connectivity index (χ1n) is 8.66. The molecule has 0 bridgehead atoms. The lowest BCUT2D eigenvalue weighted by Crippen LogP contribution is -2.49. The summed E-state index contributed by atoms with van der Waals surface area (Å²) in [4.78, 5) is 27.7. The first kappa shape index (κ1) is 18.3. The second-order valence-corrected chi connectivity index (χ2v) is 6.84. The Bertz CT molecular complexity index is 784. The fraction of sp³-hybridized carbons (Fsp3) is 0.300. The Morgan fingerprint density at radius 1 is 1.04 bits per heavy atom. The molecule has 5 nitrogen and oxygen atoms in total. The smallest absolute Gasteiger partial charge is 0.227 e. The number of rotatable bonds is 4. The molecule has 6 heteroatoms. The summed E-state index contributed by atoms with van der Waals surface area (Å²) in [5.74, 6) is 0.0226. The minimum atomic E-state index is -0.105. The number of hydrogen-bond acceptors (Lipinski definition) is 3. The zero-order valence-electron chi connectivity index (χ0n) is 14.7. The number of anilines is 2. The summed E-state index contributed by atoms with van der Waals surface area (Å²) in [5.41, 5.74) is 2.78. The van der Waals surface area contributed by atoms with Gasteiger partial charge in [0.2, 0.25) is 11.8 Å². The van der Waals surface area contributed by atoms with Gasteiger partial charge in [0.05, 0.1) is 6.42 Å². The van der Waals surface area contributed by atoms with Gasteiger partial charge in [-0.25, -0.2) is 0 Å². The quantitative estimate of drug-likeness (QED) is 0.898. The summed E-state index contributed by atoms with van der Waals surface area (Å²) in [7, 11) is 0. The topological polar surface area (TPSA) is 52.7 Å². The van der Waals surface area contributed by atoms with E-state index in [1.807, 2.05) is 53.4 Å². The zero-order valence-corrected chi connectivity index (χ0v) is 15.5. The maximum absolute atomic E-state index is 12.5. The molecule has 136 valence electrons. The Hall–Kier alpha value is -2.53. The van der Waals surface area contributed by atoms with Gasteiger partial charge in [0.1, 0.15) is 0 Å². The molecule has 2 amide bonds. The first-order valence-corrected chi connectivity index (χ1v) is 9.04. The normalized spacial score (nSPS) is 14.2. The van der Waals surface area contributed by atoms with Crippen LogP contribution in [-0.4, -0.2) is 42.9 Å². The van der Waals surface area contributed by atoms with E-state index in [9.17, 15) is 9.59 Å². The first-order chi connectivity index (χ1) is 12.5. The van der Waals surface area contributed by atoms with Crippen molar-refractivity contribution >= 4 is 34.8 Å². The summed E-state index contributed by atoms with van der Waals surface area (Å²) in [5, 5.41) is 3.45. The number of carbonyl (C=O) groups excluding carboxylic acids is 2. The number of piperazine rings is 1. The van der Waals surface area contributed by atoms with Crippen molar-refractivity contribution in [2.75, 3.05) is 36.4 Å². The van der Waals surface area contributed by atoms with Crippen molar-refractivity contribution in [3.63, 3.8) is 0 Å². The maximum atomic E-state index is 12.5. The van der Waals surface area contributed by atoms with Crippen LogP contribution in [0.2, 0.25) is 5.02 Å². The van der Waals surface area contributed by atoms with Gasteiger partial charge >= 0.3 is 0 Å². The molecule has 2 aromatic carbocycles. The highest BCUT2D eigenvalue weighted by Crippen LogP contribution is 2.21. The van der Waals surface area contributed by atoms with Crippen LogP contribution in [0.25, 0.3) is 0 Å². The molecule has 1 saturated heterocycles. The highest BCUT2D eigenvalue weighted by Gasteiger charge is 2.21. The van der Waals surface area contributed by atoms with Crippen LogP contribution in [0.3, 0.4) is 0 Å². The Morgan fingerprint density at radius 2 is 1.73 bits per heavy atom. The predicted molar refractivity (Wildman–Crippen MR) is 105 cm³/mol. The summed E-state index contributed by atoms with van der Waals surface area (Å²) in [6.07, 6.45) is 0.373. The molecule has 0 atom stereocenters. The standard InChI is InChI=1S/C20H22ClN3O2/c1-15(25)22-18-7-5-16(6-8-18)13-20(26)24-11-9-23(10-12-24)19-4-2-3-17(21)14-19/h2-8,14H,9-13H2,1H3,(H,22,25). The van der Waals surface area contributed by atoms with Gasteiger partial charge in [0.25, 0.3) is 0 Å². The van der Waals surface area contributed by atoms with Gasteiger partial charge in [-0.05, 0) is 35.9 Å². The maximum Gasteiger partial charge on any atom is 0.227 e. The molecule has 0 unspecified atom stereocenters. The van der Waals surface area contributed by atoms with Crippen molar-refractivity contribution in [1.82, 2.24) is 4.90 Å². The Labute approximate surface area is 158 Å². The van der Waals surface area contributed by atoms with Gasteiger partial charge in [-0.3, -0.25) is 9.59 Å². The summed E-state index contributed by atoms with van der Waals surface area (Å²) < 4.78 is 0. The highest BCUT2D eigenvalue weighted by molar-refractivity contribution is 6.30. The molecule has 26 heavy (non-hydrogen) atoms. The molecule has 3 rings (SSSR count). The third kappa shape index (κ3) is 4.76. The van der Waals surface area contributed by atoms with Crippen molar-refractivity contribution in [3.8, 4) is 0 Å². The highest BCUT2D eigenvalue weighted by atomic mass is 35.5. The second-order valence-electron chi connectivity index (χ2n) is 6.40. The lowest BCUT2D eigenvalue weighted by Gasteiger charge is -2.36.